The molecule has 18 heavy (non-hydrogen) atoms. The van der Waals surface area contributed by atoms with Gasteiger partial charge in [0.1, 0.15) is 17.8 Å². The number of carbonyl (C=O) groups is 2. The summed E-state index contributed by atoms with van der Waals surface area (Å²) in [7, 11) is 1.23. The van der Waals surface area contributed by atoms with E-state index >= 15 is 0 Å². The number of hydrogen-bond acceptors (Lipinski definition) is 4. The lowest BCUT2D eigenvalue weighted by Gasteiger charge is -2.31. The third kappa shape index (κ3) is 1.93. The van der Waals surface area contributed by atoms with Gasteiger partial charge >= 0.3 is 12.1 Å². The van der Waals surface area contributed by atoms with Crippen molar-refractivity contribution in [2.24, 2.45) is 5.92 Å². The summed E-state index contributed by atoms with van der Waals surface area (Å²) in [6.45, 7) is 5.18. The third-order valence-electron chi connectivity index (χ3n) is 3.40. The van der Waals surface area contributed by atoms with Crippen molar-refractivity contribution in [2.45, 2.75) is 51.0 Å². The van der Waals surface area contributed by atoms with Crippen molar-refractivity contribution >= 4 is 12.1 Å². The minimum absolute atomic E-state index is 0.449. The molecule has 0 aromatic heterocycles. The number of rotatable bonds is 1. The SMILES string of the molecule is COC(=O)[C@H]1[C@H]2C[C@H]([C@@H]2F)N1C(=O)OC(C)(C)C. The molecule has 0 N–H and O–H groups in total. The molecule has 5 nitrogen and oxygen atoms in total. The maximum Gasteiger partial charge on any atom is 0.411 e. The Labute approximate surface area is 105 Å². The number of hydrogen-bond donors (Lipinski definition) is 0. The standard InChI is InChI=1S/C12H18FNO4/c1-12(2,3)18-11(16)14-7-5-6(8(7)13)9(14)10(15)17-4/h6-9H,5H2,1-4H3/t6-,7+,8+,9+/m0/s1. The average molecular weight is 259 g/mol. The Kier molecular flexibility index (Phi) is 2.99. The topological polar surface area (TPSA) is 55.8 Å². The number of alkyl halides is 1. The molecule has 3 aliphatic rings. The Morgan fingerprint density at radius 2 is 1.94 bits per heavy atom. The van der Waals surface area contributed by atoms with Gasteiger partial charge in [-0.2, -0.15) is 0 Å². The highest BCUT2D eigenvalue weighted by Crippen LogP contribution is 2.48. The molecule has 4 atom stereocenters. The Morgan fingerprint density at radius 3 is 2.39 bits per heavy atom. The fraction of sp³-hybridized carbons (Fsp3) is 0.833. The second kappa shape index (κ2) is 4.10. The van der Waals surface area contributed by atoms with E-state index in [0.29, 0.717) is 6.42 Å². The van der Waals surface area contributed by atoms with E-state index in [1.165, 1.54) is 12.0 Å². The molecule has 1 amide bonds. The lowest BCUT2D eigenvalue weighted by atomic mass is 9.81. The van der Waals surface area contributed by atoms with E-state index in [-0.39, 0.29) is 0 Å². The van der Waals surface area contributed by atoms with Crippen LogP contribution in [0.2, 0.25) is 0 Å². The Hall–Kier alpha value is -1.33. The van der Waals surface area contributed by atoms with Crippen molar-refractivity contribution in [3.05, 3.63) is 0 Å². The van der Waals surface area contributed by atoms with E-state index in [1.54, 1.807) is 20.8 Å². The Bertz CT molecular complexity index is 379. The lowest BCUT2D eigenvalue weighted by Crippen LogP contribution is -2.46. The summed E-state index contributed by atoms with van der Waals surface area (Å²) in [6, 6.07) is -1.39. The van der Waals surface area contributed by atoms with Gasteiger partial charge in [-0.1, -0.05) is 0 Å². The van der Waals surface area contributed by atoms with Crippen LogP contribution in [0.3, 0.4) is 0 Å². The zero-order valence-corrected chi connectivity index (χ0v) is 11.0. The molecule has 0 radical (unpaired) electrons. The number of amides is 1. The number of methoxy groups -OCH3 is 1. The molecule has 0 aromatic rings. The predicted molar refractivity (Wildman–Crippen MR) is 60.7 cm³/mol. The van der Waals surface area contributed by atoms with Crippen molar-refractivity contribution in [3.8, 4) is 0 Å². The number of nitrogens with zero attached hydrogens (tertiary/aromatic N) is 1. The maximum atomic E-state index is 13.7. The minimum atomic E-state index is -1.15. The molecule has 0 unspecified atom stereocenters. The zero-order chi connectivity index (χ0) is 13.7. The van der Waals surface area contributed by atoms with Gasteiger partial charge in [0, 0.05) is 5.92 Å². The van der Waals surface area contributed by atoms with Crippen molar-refractivity contribution in [1.82, 2.24) is 4.90 Å². The quantitative estimate of drug-likeness (QED) is 0.670. The molecule has 0 aromatic carbocycles. The zero-order valence-electron chi connectivity index (χ0n) is 11.0. The first-order valence-corrected chi connectivity index (χ1v) is 5.99. The molecular formula is C12H18FNO4. The highest BCUT2D eigenvalue weighted by atomic mass is 19.1. The van der Waals surface area contributed by atoms with Gasteiger partial charge in [0.25, 0.3) is 0 Å². The van der Waals surface area contributed by atoms with Crippen LogP contribution in [0.5, 0.6) is 0 Å². The van der Waals surface area contributed by atoms with Gasteiger partial charge in [-0.3, -0.25) is 4.90 Å². The van der Waals surface area contributed by atoms with Crippen LogP contribution < -0.4 is 0 Å². The molecule has 1 saturated carbocycles. The Balaban J connectivity index is 2.15. The van der Waals surface area contributed by atoms with Crippen LogP contribution in [0, 0.1) is 5.92 Å². The summed E-state index contributed by atoms with van der Waals surface area (Å²) in [5.74, 6) is -1.02. The molecule has 3 fully saturated rings. The number of ether oxygens (including phenoxy) is 2. The molecule has 1 aliphatic carbocycles. The van der Waals surface area contributed by atoms with E-state index in [9.17, 15) is 14.0 Å². The summed E-state index contributed by atoms with van der Waals surface area (Å²) in [5, 5.41) is 0. The number of carbonyl (C=O) groups excluding carboxylic acids is 2. The van der Waals surface area contributed by atoms with Crippen LogP contribution in [-0.4, -0.2) is 47.9 Å². The second-order valence-electron chi connectivity index (χ2n) is 5.77. The monoisotopic (exact) mass is 259 g/mol. The van der Waals surface area contributed by atoms with E-state index in [2.05, 4.69) is 4.74 Å². The van der Waals surface area contributed by atoms with Gasteiger partial charge in [-0.05, 0) is 27.2 Å². The van der Waals surface area contributed by atoms with E-state index in [0.717, 1.165) is 0 Å². The van der Waals surface area contributed by atoms with E-state index in [4.69, 9.17) is 4.74 Å². The predicted octanol–water partition coefficient (Wildman–Crippen LogP) is 1.51. The summed E-state index contributed by atoms with van der Waals surface area (Å²) < 4.78 is 23.5. The number of fused-ring (bicyclic) bond motifs is 1. The molecule has 3 rings (SSSR count). The molecule has 2 bridgehead atoms. The van der Waals surface area contributed by atoms with Crippen LogP contribution in [0.4, 0.5) is 9.18 Å². The third-order valence-corrected chi connectivity index (χ3v) is 3.40. The van der Waals surface area contributed by atoms with Crippen LogP contribution >= 0.6 is 0 Å². The van der Waals surface area contributed by atoms with Gasteiger partial charge in [0.15, 0.2) is 0 Å². The molecule has 2 heterocycles. The van der Waals surface area contributed by atoms with E-state index in [1.807, 2.05) is 0 Å². The van der Waals surface area contributed by atoms with Gasteiger partial charge in [-0.15, -0.1) is 0 Å². The first kappa shape index (κ1) is 13.1. The van der Waals surface area contributed by atoms with Gasteiger partial charge < -0.3 is 9.47 Å². The number of esters is 1. The first-order valence-electron chi connectivity index (χ1n) is 5.99. The minimum Gasteiger partial charge on any atom is -0.467 e. The summed E-state index contributed by atoms with van der Waals surface area (Å²) in [4.78, 5) is 24.8. The highest BCUT2D eigenvalue weighted by Gasteiger charge is 2.64. The van der Waals surface area contributed by atoms with Crippen LogP contribution in [0.1, 0.15) is 27.2 Å². The highest BCUT2D eigenvalue weighted by molar-refractivity contribution is 5.84. The van der Waals surface area contributed by atoms with Crippen molar-refractivity contribution in [2.75, 3.05) is 7.11 Å². The molecular weight excluding hydrogens is 241 g/mol. The molecule has 102 valence electrons. The van der Waals surface area contributed by atoms with Crippen LogP contribution in [0.25, 0.3) is 0 Å². The lowest BCUT2D eigenvalue weighted by molar-refractivity contribution is -0.146. The molecule has 2 aliphatic heterocycles. The van der Waals surface area contributed by atoms with Gasteiger partial charge in [0.2, 0.25) is 0 Å². The Morgan fingerprint density at radius 1 is 1.33 bits per heavy atom. The molecule has 2 saturated heterocycles. The van der Waals surface area contributed by atoms with Gasteiger partial charge in [0.05, 0.1) is 13.2 Å². The fourth-order valence-electron chi connectivity index (χ4n) is 2.58. The first-order chi connectivity index (χ1) is 8.26. The summed E-state index contributed by atoms with van der Waals surface area (Å²) in [6.07, 6.45) is -1.30. The second-order valence-corrected chi connectivity index (χ2v) is 5.77. The molecule has 0 spiro atoms. The largest absolute Gasteiger partial charge is 0.467 e. The smallest absolute Gasteiger partial charge is 0.411 e. The van der Waals surface area contributed by atoms with E-state index < -0.39 is 41.8 Å². The average Bonchev–Trinajstić information content (AvgIpc) is 2.77. The molecule has 6 heteroatoms. The van der Waals surface area contributed by atoms with Crippen molar-refractivity contribution in [1.29, 1.82) is 0 Å². The van der Waals surface area contributed by atoms with Gasteiger partial charge in [-0.25, -0.2) is 14.0 Å². The maximum absolute atomic E-state index is 13.7. The number of halogens is 1. The normalized spacial score (nSPS) is 33.9. The van der Waals surface area contributed by atoms with Crippen LogP contribution in [0.15, 0.2) is 0 Å². The van der Waals surface area contributed by atoms with Crippen molar-refractivity contribution in [3.63, 3.8) is 0 Å². The van der Waals surface area contributed by atoms with Crippen molar-refractivity contribution < 1.29 is 23.5 Å². The summed E-state index contributed by atoms with van der Waals surface area (Å²) in [5.41, 5.74) is -0.670. The van der Waals surface area contributed by atoms with Crippen LogP contribution in [-0.2, 0) is 14.3 Å². The summed E-state index contributed by atoms with van der Waals surface area (Å²) >= 11 is 0. The fourth-order valence-corrected chi connectivity index (χ4v) is 2.58.